The van der Waals surface area contributed by atoms with Crippen LogP contribution in [-0.2, 0) is 0 Å². The lowest BCUT2D eigenvalue weighted by Gasteiger charge is -2.33. The maximum Gasteiger partial charge on any atom is 0.119 e. The first-order chi connectivity index (χ1) is 18.3. The van der Waals surface area contributed by atoms with Gasteiger partial charge in [0.25, 0.3) is 0 Å². The molecule has 1 atom stereocenters. The van der Waals surface area contributed by atoms with Gasteiger partial charge in [-0.3, -0.25) is 0 Å². The van der Waals surface area contributed by atoms with Crippen molar-refractivity contribution >= 4 is 5.57 Å². The third kappa shape index (κ3) is 11.8. The number of hydrogen-bond donors (Lipinski definition) is 0. The lowest BCUT2D eigenvalue weighted by molar-refractivity contribution is 0.218. The molecule has 1 heteroatoms. The minimum atomic E-state index is 0.757. The monoisotopic (exact) mass is 506 g/mol. The molecule has 2 aliphatic carbocycles. The van der Waals surface area contributed by atoms with E-state index in [1.54, 1.807) is 0 Å². The van der Waals surface area contributed by atoms with Crippen LogP contribution in [0.2, 0.25) is 0 Å². The van der Waals surface area contributed by atoms with Crippen molar-refractivity contribution in [3.63, 3.8) is 0 Å². The van der Waals surface area contributed by atoms with Crippen LogP contribution in [0.5, 0.6) is 5.75 Å². The first kappa shape index (κ1) is 30.0. The van der Waals surface area contributed by atoms with Gasteiger partial charge < -0.3 is 4.74 Å². The molecular weight excluding hydrogens is 448 g/mol. The summed E-state index contributed by atoms with van der Waals surface area (Å²) in [5.74, 6) is 3.69. The van der Waals surface area contributed by atoms with E-state index in [0.717, 1.165) is 30.1 Å². The van der Waals surface area contributed by atoms with Gasteiger partial charge in [-0.25, -0.2) is 0 Å². The SMILES string of the molecule is CCCCCCCCCCOc1ccc(C2=CCC([C@H]3CC[C@H](CCCCCCCC)CC3)C=C2)cc1. The molecule has 1 aromatic rings. The second-order valence-electron chi connectivity index (χ2n) is 12.1. The summed E-state index contributed by atoms with van der Waals surface area (Å²) in [5, 5.41) is 0. The van der Waals surface area contributed by atoms with Crippen LogP contribution in [0.15, 0.2) is 42.5 Å². The van der Waals surface area contributed by atoms with E-state index >= 15 is 0 Å². The van der Waals surface area contributed by atoms with Gasteiger partial charge in [0, 0.05) is 0 Å². The highest BCUT2D eigenvalue weighted by Gasteiger charge is 2.26. The maximum absolute atomic E-state index is 6.01. The molecule has 208 valence electrons. The Morgan fingerprint density at radius 1 is 0.676 bits per heavy atom. The summed E-state index contributed by atoms with van der Waals surface area (Å²) in [6, 6.07) is 8.80. The van der Waals surface area contributed by atoms with Crippen molar-refractivity contribution in [3.05, 3.63) is 48.1 Å². The summed E-state index contributed by atoms with van der Waals surface area (Å²) in [7, 11) is 0. The van der Waals surface area contributed by atoms with Crippen molar-refractivity contribution in [2.45, 2.75) is 142 Å². The van der Waals surface area contributed by atoms with Gasteiger partial charge in [-0.05, 0) is 66.7 Å². The zero-order valence-electron chi connectivity index (χ0n) is 24.5. The first-order valence-corrected chi connectivity index (χ1v) is 16.4. The lowest BCUT2D eigenvalue weighted by Crippen LogP contribution is -2.21. The van der Waals surface area contributed by atoms with Crippen molar-refractivity contribution in [3.8, 4) is 5.75 Å². The molecule has 0 radical (unpaired) electrons. The molecule has 0 aromatic heterocycles. The molecule has 1 fully saturated rings. The lowest BCUT2D eigenvalue weighted by atomic mass is 9.72. The smallest absolute Gasteiger partial charge is 0.119 e. The third-order valence-electron chi connectivity index (χ3n) is 9.05. The van der Waals surface area contributed by atoms with Crippen LogP contribution in [0, 0.1) is 17.8 Å². The minimum absolute atomic E-state index is 0.757. The number of unbranched alkanes of at least 4 members (excludes halogenated alkanes) is 12. The minimum Gasteiger partial charge on any atom is -0.494 e. The van der Waals surface area contributed by atoms with Crippen LogP contribution in [0.3, 0.4) is 0 Å². The second-order valence-corrected chi connectivity index (χ2v) is 12.1. The van der Waals surface area contributed by atoms with Crippen LogP contribution in [0.1, 0.15) is 148 Å². The van der Waals surface area contributed by atoms with Gasteiger partial charge >= 0.3 is 0 Å². The number of ether oxygens (including phenoxy) is 1. The van der Waals surface area contributed by atoms with E-state index in [2.05, 4.69) is 56.3 Å². The third-order valence-corrected chi connectivity index (χ3v) is 9.05. The summed E-state index contributed by atoms with van der Waals surface area (Å²) >= 11 is 0. The summed E-state index contributed by atoms with van der Waals surface area (Å²) in [6.45, 7) is 5.44. The maximum atomic E-state index is 6.01. The van der Waals surface area contributed by atoms with E-state index in [1.165, 1.54) is 140 Å². The van der Waals surface area contributed by atoms with Crippen molar-refractivity contribution in [2.24, 2.45) is 17.8 Å². The molecule has 0 saturated heterocycles. The predicted molar refractivity (Wildman–Crippen MR) is 163 cm³/mol. The molecule has 3 rings (SSSR count). The van der Waals surface area contributed by atoms with Crippen LogP contribution in [0.4, 0.5) is 0 Å². The highest BCUT2D eigenvalue weighted by molar-refractivity contribution is 5.75. The van der Waals surface area contributed by atoms with Gasteiger partial charge in [0.1, 0.15) is 5.75 Å². The Balaban J connectivity index is 1.27. The Morgan fingerprint density at radius 2 is 1.27 bits per heavy atom. The predicted octanol–water partition coefficient (Wildman–Crippen LogP) is 11.7. The van der Waals surface area contributed by atoms with E-state index in [-0.39, 0.29) is 0 Å². The number of hydrogen-bond acceptors (Lipinski definition) is 1. The number of allylic oxidation sites excluding steroid dienone is 4. The van der Waals surface area contributed by atoms with Gasteiger partial charge in [-0.1, -0.05) is 147 Å². The molecule has 1 saturated carbocycles. The Kier molecular flexibility index (Phi) is 15.2. The quantitative estimate of drug-likeness (QED) is 0.169. The zero-order chi connectivity index (χ0) is 26.0. The molecule has 1 unspecified atom stereocenters. The summed E-state index contributed by atoms with van der Waals surface area (Å²) < 4.78 is 6.01. The average Bonchev–Trinajstić information content (AvgIpc) is 2.95. The Labute approximate surface area is 230 Å². The highest BCUT2D eigenvalue weighted by Crippen LogP contribution is 2.39. The van der Waals surface area contributed by atoms with Crippen molar-refractivity contribution in [2.75, 3.05) is 6.61 Å². The summed E-state index contributed by atoms with van der Waals surface area (Å²) in [6.07, 6.45) is 35.3. The van der Waals surface area contributed by atoms with Crippen LogP contribution in [0.25, 0.3) is 5.57 Å². The van der Waals surface area contributed by atoms with E-state index in [0.29, 0.717) is 0 Å². The Hall–Kier alpha value is -1.50. The van der Waals surface area contributed by atoms with Crippen molar-refractivity contribution in [1.29, 1.82) is 0 Å². The molecule has 0 amide bonds. The van der Waals surface area contributed by atoms with E-state index in [9.17, 15) is 0 Å². The first-order valence-electron chi connectivity index (χ1n) is 16.4. The molecule has 2 aliphatic rings. The van der Waals surface area contributed by atoms with E-state index < -0.39 is 0 Å². The highest BCUT2D eigenvalue weighted by atomic mass is 16.5. The average molecular weight is 507 g/mol. The van der Waals surface area contributed by atoms with Gasteiger partial charge in [-0.2, -0.15) is 0 Å². The zero-order valence-corrected chi connectivity index (χ0v) is 24.5. The van der Waals surface area contributed by atoms with Crippen molar-refractivity contribution in [1.82, 2.24) is 0 Å². The molecule has 0 spiro atoms. The molecule has 1 aromatic carbocycles. The molecule has 37 heavy (non-hydrogen) atoms. The molecule has 0 N–H and O–H groups in total. The summed E-state index contributed by atoms with van der Waals surface area (Å²) in [4.78, 5) is 0. The molecular formula is C36H58O. The molecule has 1 nitrogen and oxygen atoms in total. The van der Waals surface area contributed by atoms with Crippen LogP contribution in [-0.4, -0.2) is 6.61 Å². The largest absolute Gasteiger partial charge is 0.494 e. The van der Waals surface area contributed by atoms with Gasteiger partial charge in [0.2, 0.25) is 0 Å². The Morgan fingerprint density at radius 3 is 1.86 bits per heavy atom. The Bertz CT molecular complexity index is 749. The second kappa shape index (κ2) is 18.7. The molecule has 0 bridgehead atoms. The summed E-state index contributed by atoms with van der Waals surface area (Å²) in [5.41, 5.74) is 2.72. The fourth-order valence-corrected chi connectivity index (χ4v) is 6.49. The van der Waals surface area contributed by atoms with E-state index in [4.69, 9.17) is 4.74 Å². The fourth-order valence-electron chi connectivity index (χ4n) is 6.49. The normalized spacial score (nSPS) is 21.7. The van der Waals surface area contributed by atoms with Crippen molar-refractivity contribution < 1.29 is 4.74 Å². The van der Waals surface area contributed by atoms with Crippen LogP contribution >= 0.6 is 0 Å². The number of rotatable bonds is 19. The molecule has 0 heterocycles. The van der Waals surface area contributed by atoms with Gasteiger partial charge in [0.05, 0.1) is 6.61 Å². The standard InChI is InChI=1S/C36H58O/c1-3-5-7-9-11-12-14-16-30-37-36-28-26-35(27-29-36)34-24-22-33(23-25-34)32-20-18-31(19-21-32)17-15-13-10-8-6-4-2/h22,24-29,31-33H,3-21,23,30H2,1-2H3/t31-,32-,33?. The number of benzene rings is 1. The van der Waals surface area contributed by atoms with Gasteiger partial charge in [-0.15, -0.1) is 0 Å². The van der Waals surface area contributed by atoms with Crippen LogP contribution < -0.4 is 4.74 Å². The van der Waals surface area contributed by atoms with Gasteiger partial charge in [0.15, 0.2) is 0 Å². The van der Waals surface area contributed by atoms with E-state index in [1.807, 2.05) is 0 Å². The molecule has 0 aliphatic heterocycles. The topological polar surface area (TPSA) is 9.23 Å². The fraction of sp³-hybridized carbons (Fsp3) is 0.722.